The van der Waals surface area contributed by atoms with Crippen molar-refractivity contribution in [2.45, 2.75) is 75.1 Å². The average molecular weight is 611 g/mol. The fourth-order valence-corrected chi connectivity index (χ4v) is 6.39. The Bertz CT molecular complexity index is 1510. The molecule has 238 valence electrons. The van der Waals surface area contributed by atoms with E-state index in [9.17, 15) is 19.5 Å². The number of aliphatic hydroxyl groups is 1. The number of aliphatic hydroxyl groups excluding tert-OH is 1. The first-order chi connectivity index (χ1) is 21.6. The number of likely N-dealkylation sites (tertiary alicyclic amines) is 1. The quantitative estimate of drug-likeness (QED) is 0.318. The summed E-state index contributed by atoms with van der Waals surface area (Å²) < 4.78 is 0. The summed E-state index contributed by atoms with van der Waals surface area (Å²) in [5.41, 5.74) is 7.99. The van der Waals surface area contributed by atoms with Crippen LogP contribution in [0.4, 0.5) is 0 Å². The molecule has 1 aliphatic heterocycles. The van der Waals surface area contributed by atoms with Gasteiger partial charge in [-0.15, -0.1) is 0 Å². The summed E-state index contributed by atoms with van der Waals surface area (Å²) in [7, 11) is 3.33. The number of benzene rings is 3. The maximum Gasteiger partial charge on any atom is 0.246 e. The van der Waals surface area contributed by atoms with Crippen LogP contribution in [0.15, 0.2) is 84.9 Å². The van der Waals surface area contributed by atoms with Gasteiger partial charge in [0, 0.05) is 45.6 Å². The van der Waals surface area contributed by atoms with Crippen LogP contribution in [0.3, 0.4) is 0 Å². The lowest BCUT2D eigenvalue weighted by molar-refractivity contribution is -0.150. The van der Waals surface area contributed by atoms with Crippen molar-refractivity contribution >= 4 is 28.5 Å². The largest absolute Gasteiger partial charge is 0.393 e. The first-order valence-corrected chi connectivity index (χ1v) is 16.1. The van der Waals surface area contributed by atoms with Gasteiger partial charge in [0.05, 0.1) is 6.10 Å². The highest BCUT2D eigenvalue weighted by Crippen LogP contribution is 2.32. The van der Waals surface area contributed by atoms with Crippen LogP contribution in [0.2, 0.25) is 0 Å². The SMILES string of the molecule is CN(C(=O)/C=C/CC1(N)CCC1)[C@H](Cc1ccc2ccccc2c1)C(=O)N(C)[C@H](Cc1ccccc1)C(=O)N1CCC(O)CC1. The van der Waals surface area contributed by atoms with E-state index in [2.05, 4.69) is 6.07 Å². The predicted molar refractivity (Wildman–Crippen MR) is 177 cm³/mol. The maximum absolute atomic E-state index is 14.5. The molecule has 3 aromatic rings. The molecule has 5 rings (SSSR count). The van der Waals surface area contributed by atoms with E-state index in [-0.39, 0.29) is 23.3 Å². The second-order valence-corrected chi connectivity index (χ2v) is 12.9. The maximum atomic E-state index is 14.5. The van der Waals surface area contributed by atoms with Gasteiger partial charge in [-0.3, -0.25) is 14.4 Å². The standard InChI is InChI=1S/C37H46N4O4/c1-39(34(43)14-8-19-37(38)20-9-21-37)32(26-28-15-16-29-12-6-7-13-30(29)24-28)35(44)40(2)33(25-27-10-4-3-5-11-27)36(45)41-22-17-31(42)18-23-41/h3-8,10-16,24,31-33,42H,9,17-23,25-26,38H2,1-2H3/b14-8+/t32-,33-/m1/s1. The topological polar surface area (TPSA) is 107 Å². The molecule has 2 aliphatic rings. The molecule has 0 radical (unpaired) electrons. The molecule has 3 aromatic carbocycles. The van der Waals surface area contributed by atoms with Gasteiger partial charge in [0.15, 0.2) is 0 Å². The van der Waals surface area contributed by atoms with E-state index in [0.717, 1.165) is 41.2 Å². The van der Waals surface area contributed by atoms with Gasteiger partial charge in [-0.05, 0) is 66.5 Å². The summed E-state index contributed by atoms with van der Waals surface area (Å²) in [6, 6.07) is 22.2. The molecule has 2 fully saturated rings. The summed E-state index contributed by atoms with van der Waals surface area (Å²) in [6.45, 7) is 0.888. The summed E-state index contributed by atoms with van der Waals surface area (Å²) in [5.74, 6) is -0.719. The van der Waals surface area contributed by atoms with Gasteiger partial charge in [0.1, 0.15) is 12.1 Å². The number of hydrogen-bond acceptors (Lipinski definition) is 5. The first-order valence-electron chi connectivity index (χ1n) is 16.1. The van der Waals surface area contributed by atoms with Crippen LogP contribution in [-0.4, -0.2) is 88.4 Å². The Morgan fingerprint density at radius 3 is 2.20 bits per heavy atom. The number of likely N-dealkylation sites (N-methyl/N-ethyl adjacent to an activating group) is 2. The second kappa shape index (κ2) is 14.4. The number of nitrogens with zero attached hydrogens (tertiary/aromatic N) is 3. The van der Waals surface area contributed by atoms with Crippen LogP contribution in [0.5, 0.6) is 0 Å². The van der Waals surface area contributed by atoms with Crippen molar-refractivity contribution in [3.63, 3.8) is 0 Å². The molecule has 0 bridgehead atoms. The summed E-state index contributed by atoms with van der Waals surface area (Å²) in [6.07, 6.45) is 8.22. The van der Waals surface area contributed by atoms with Crippen LogP contribution in [0.1, 0.15) is 49.7 Å². The molecule has 8 nitrogen and oxygen atoms in total. The van der Waals surface area contributed by atoms with Gasteiger partial charge >= 0.3 is 0 Å². The number of carbonyl (C=O) groups is 3. The highest BCUT2D eigenvalue weighted by Gasteiger charge is 2.37. The lowest BCUT2D eigenvalue weighted by Gasteiger charge is -2.38. The van der Waals surface area contributed by atoms with Crippen LogP contribution >= 0.6 is 0 Å². The third-order valence-electron chi connectivity index (χ3n) is 9.63. The summed E-state index contributed by atoms with van der Waals surface area (Å²) in [4.78, 5) is 46.8. The third-order valence-corrected chi connectivity index (χ3v) is 9.63. The number of rotatable bonds is 11. The molecular weight excluding hydrogens is 564 g/mol. The van der Waals surface area contributed by atoms with Crippen LogP contribution in [0, 0.1) is 0 Å². The summed E-state index contributed by atoms with van der Waals surface area (Å²) in [5, 5.41) is 12.2. The number of carbonyl (C=O) groups excluding carboxylic acids is 3. The van der Waals surface area contributed by atoms with Crippen LogP contribution in [0.25, 0.3) is 10.8 Å². The van der Waals surface area contributed by atoms with E-state index in [4.69, 9.17) is 5.73 Å². The Morgan fingerprint density at radius 2 is 1.53 bits per heavy atom. The zero-order valence-corrected chi connectivity index (χ0v) is 26.5. The Morgan fingerprint density at radius 1 is 0.889 bits per heavy atom. The lowest BCUT2D eigenvalue weighted by atomic mass is 9.75. The lowest BCUT2D eigenvalue weighted by Crippen LogP contribution is -2.57. The van der Waals surface area contributed by atoms with Crippen LogP contribution < -0.4 is 5.73 Å². The normalized spacial score (nSPS) is 17.9. The molecule has 1 saturated heterocycles. The van der Waals surface area contributed by atoms with Crippen LogP contribution in [-0.2, 0) is 27.2 Å². The smallest absolute Gasteiger partial charge is 0.246 e. The van der Waals surface area contributed by atoms with Gasteiger partial charge in [0.25, 0.3) is 0 Å². The molecule has 1 saturated carbocycles. The van der Waals surface area contributed by atoms with E-state index in [0.29, 0.717) is 45.2 Å². The molecule has 0 unspecified atom stereocenters. The number of piperidine rings is 1. The monoisotopic (exact) mass is 610 g/mol. The fraction of sp³-hybridized carbons (Fsp3) is 0.432. The number of hydrogen-bond donors (Lipinski definition) is 2. The van der Waals surface area contributed by atoms with E-state index in [1.807, 2.05) is 72.8 Å². The molecule has 1 heterocycles. The fourth-order valence-electron chi connectivity index (χ4n) is 6.39. The van der Waals surface area contributed by atoms with E-state index in [1.165, 1.54) is 15.9 Å². The summed E-state index contributed by atoms with van der Waals surface area (Å²) >= 11 is 0. The van der Waals surface area contributed by atoms with Gasteiger partial charge in [-0.2, -0.15) is 0 Å². The zero-order valence-electron chi connectivity index (χ0n) is 26.5. The van der Waals surface area contributed by atoms with Gasteiger partial charge in [0.2, 0.25) is 17.7 Å². The molecular formula is C37H46N4O4. The molecule has 3 N–H and O–H groups in total. The van der Waals surface area contributed by atoms with Gasteiger partial charge < -0.3 is 25.5 Å². The Hall–Kier alpha value is -4.01. The van der Waals surface area contributed by atoms with Crippen molar-refractivity contribution in [2.24, 2.45) is 5.73 Å². The molecule has 0 aromatic heterocycles. The van der Waals surface area contributed by atoms with Crippen molar-refractivity contribution < 1.29 is 19.5 Å². The van der Waals surface area contributed by atoms with Crippen molar-refractivity contribution in [3.8, 4) is 0 Å². The Balaban J connectivity index is 1.42. The third kappa shape index (κ3) is 7.99. The Kier molecular flexibility index (Phi) is 10.4. The minimum Gasteiger partial charge on any atom is -0.393 e. The highest BCUT2D eigenvalue weighted by atomic mass is 16.3. The van der Waals surface area contributed by atoms with E-state index < -0.39 is 18.2 Å². The predicted octanol–water partition coefficient (Wildman–Crippen LogP) is 4.09. The molecule has 8 heteroatoms. The molecule has 3 amide bonds. The van der Waals surface area contributed by atoms with Crippen molar-refractivity contribution in [2.75, 3.05) is 27.2 Å². The Labute approximate surface area is 266 Å². The van der Waals surface area contributed by atoms with Crippen molar-refractivity contribution in [1.29, 1.82) is 0 Å². The number of fused-ring (bicyclic) bond motifs is 1. The second-order valence-electron chi connectivity index (χ2n) is 12.9. The minimum atomic E-state index is -0.835. The molecule has 0 spiro atoms. The van der Waals surface area contributed by atoms with E-state index in [1.54, 1.807) is 19.0 Å². The zero-order chi connectivity index (χ0) is 32.0. The van der Waals surface area contributed by atoms with Crippen molar-refractivity contribution in [3.05, 3.63) is 96.1 Å². The van der Waals surface area contributed by atoms with E-state index >= 15 is 0 Å². The number of nitrogens with two attached hydrogens (primary N) is 1. The minimum absolute atomic E-state index is 0.145. The first kappa shape index (κ1) is 32.4. The average Bonchev–Trinajstić information content (AvgIpc) is 3.04. The number of amides is 3. The molecule has 1 aliphatic carbocycles. The van der Waals surface area contributed by atoms with Gasteiger partial charge in [-0.25, -0.2) is 0 Å². The molecule has 45 heavy (non-hydrogen) atoms. The van der Waals surface area contributed by atoms with Crippen molar-refractivity contribution in [1.82, 2.24) is 14.7 Å². The van der Waals surface area contributed by atoms with Gasteiger partial charge in [-0.1, -0.05) is 78.9 Å². The highest BCUT2D eigenvalue weighted by molar-refractivity contribution is 5.95. The molecule has 2 atom stereocenters.